The number of aromatic amines is 1. The van der Waals surface area contributed by atoms with Crippen LogP contribution in [0.5, 0.6) is 5.75 Å². The van der Waals surface area contributed by atoms with Gasteiger partial charge in [0.2, 0.25) is 5.88 Å². The summed E-state index contributed by atoms with van der Waals surface area (Å²) in [5.41, 5.74) is 10.6. The van der Waals surface area contributed by atoms with E-state index in [9.17, 15) is 5.26 Å². The summed E-state index contributed by atoms with van der Waals surface area (Å²) >= 11 is 3.64. The van der Waals surface area contributed by atoms with Crippen molar-refractivity contribution in [3.8, 4) is 11.8 Å². The first-order chi connectivity index (χ1) is 11.6. The lowest BCUT2D eigenvalue weighted by Gasteiger charge is -2.17. The van der Waals surface area contributed by atoms with E-state index < -0.39 is 0 Å². The molecule has 2 heterocycles. The van der Waals surface area contributed by atoms with Crippen LogP contribution < -0.4 is 10.5 Å². The van der Waals surface area contributed by atoms with Crippen LogP contribution in [-0.2, 0) is 0 Å². The highest BCUT2D eigenvalue weighted by Crippen LogP contribution is 2.44. The number of nitrogens with zero attached hydrogens (tertiary/aromatic N) is 1. The fraction of sp³-hybridized carbons (Fsp3) is 0.105. The predicted molar refractivity (Wildman–Crippen MR) is 96.5 cm³/mol. The molecule has 1 unspecified atom stereocenters. The number of H-pyrrole nitrogens is 1. The molecular formula is C19H14BrN3O. The average Bonchev–Trinajstić information content (AvgIpc) is 2.93. The van der Waals surface area contributed by atoms with E-state index in [-0.39, 0.29) is 11.8 Å². The van der Waals surface area contributed by atoms with Crippen LogP contribution in [0.1, 0.15) is 22.6 Å². The SMILES string of the molecule is Cc1ccc(C2C(C#N)=C(N)Oc3cccc4[nH]cc2c34)c(Br)c1. The van der Waals surface area contributed by atoms with E-state index in [1.54, 1.807) is 0 Å². The molecule has 1 aromatic heterocycles. The molecule has 2 aromatic carbocycles. The summed E-state index contributed by atoms with van der Waals surface area (Å²) in [5, 5.41) is 10.7. The molecule has 24 heavy (non-hydrogen) atoms. The van der Waals surface area contributed by atoms with Crippen molar-refractivity contribution in [3.05, 3.63) is 75.2 Å². The van der Waals surface area contributed by atoms with Crippen molar-refractivity contribution in [2.75, 3.05) is 0 Å². The zero-order valence-electron chi connectivity index (χ0n) is 12.9. The standard InChI is InChI=1S/C19H14BrN3O/c1-10-5-6-11(14(20)7-10)17-12(8-21)19(22)24-16-4-2-3-15-18(16)13(17)9-23-15/h2-7,9,17,23H,22H2,1H3. The molecule has 0 amide bonds. The van der Waals surface area contributed by atoms with Gasteiger partial charge < -0.3 is 15.5 Å². The number of aromatic nitrogens is 1. The van der Waals surface area contributed by atoms with Gasteiger partial charge in [0, 0.05) is 21.6 Å². The van der Waals surface area contributed by atoms with Crippen LogP contribution in [0.4, 0.5) is 0 Å². The Hall–Kier alpha value is -2.71. The summed E-state index contributed by atoms with van der Waals surface area (Å²) < 4.78 is 6.75. The number of halogens is 1. The minimum Gasteiger partial charge on any atom is -0.440 e. The van der Waals surface area contributed by atoms with Gasteiger partial charge in [-0.05, 0) is 41.8 Å². The molecule has 1 atom stereocenters. The van der Waals surface area contributed by atoms with Crippen molar-refractivity contribution in [3.63, 3.8) is 0 Å². The van der Waals surface area contributed by atoms with Gasteiger partial charge in [0.05, 0.1) is 5.92 Å². The van der Waals surface area contributed by atoms with E-state index in [0.29, 0.717) is 11.3 Å². The highest BCUT2D eigenvalue weighted by Gasteiger charge is 2.31. The summed E-state index contributed by atoms with van der Waals surface area (Å²) in [5.74, 6) is 0.529. The lowest BCUT2D eigenvalue weighted by Crippen LogP contribution is -2.13. The number of hydrogen-bond donors (Lipinski definition) is 2. The summed E-state index contributed by atoms with van der Waals surface area (Å²) in [6.45, 7) is 2.03. The molecule has 0 bridgehead atoms. The van der Waals surface area contributed by atoms with E-state index in [1.807, 2.05) is 49.5 Å². The van der Waals surface area contributed by atoms with Crippen molar-refractivity contribution in [1.29, 1.82) is 5.26 Å². The second kappa shape index (κ2) is 5.43. The number of aryl methyl sites for hydroxylation is 1. The number of nitrogens with one attached hydrogen (secondary N) is 1. The first-order valence-electron chi connectivity index (χ1n) is 7.53. The van der Waals surface area contributed by atoms with Crippen LogP contribution in [0.3, 0.4) is 0 Å². The van der Waals surface area contributed by atoms with Crippen LogP contribution >= 0.6 is 15.9 Å². The predicted octanol–water partition coefficient (Wildman–Crippen LogP) is 4.46. The fourth-order valence-electron chi connectivity index (χ4n) is 3.27. The monoisotopic (exact) mass is 379 g/mol. The molecule has 1 aliphatic rings. The number of nitrogens with two attached hydrogens (primary N) is 1. The van der Waals surface area contributed by atoms with Crippen molar-refractivity contribution < 1.29 is 4.74 Å². The number of rotatable bonds is 1. The van der Waals surface area contributed by atoms with Gasteiger partial charge in [-0.15, -0.1) is 0 Å². The third kappa shape index (κ3) is 2.11. The Morgan fingerprint density at radius 2 is 2.08 bits per heavy atom. The van der Waals surface area contributed by atoms with E-state index in [1.165, 1.54) is 0 Å². The van der Waals surface area contributed by atoms with E-state index in [0.717, 1.165) is 32.1 Å². The number of benzene rings is 2. The molecule has 3 N–H and O–H groups in total. The van der Waals surface area contributed by atoms with Crippen molar-refractivity contribution in [2.24, 2.45) is 5.73 Å². The number of nitriles is 1. The van der Waals surface area contributed by atoms with Crippen LogP contribution in [-0.4, -0.2) is 4.98 Å². The highest BCUT2D eigenvalue weighted by atomic mass is 79.9. The third-order valence-corrected chi connectivity index (χ3v) is 5.06. The molecule has 5 heteroatoms. The molecular weight excluding hydrogens is 366 g/mol. The highest BCUT2D eigenvalue weighted by molar-refractivity contribution is 9.10. The van der Waals surface area contributed by atoms with Gasteiger partial charge in [-0.25, -0.2) is 0 Å². The van der Waals surface area contributed by atoms with E-state index in [2.05, 4.69) is 27.0 Å². The second-order valence-electron chi connectivity index (χ2n) is 5.87. The maximum absolute atomic E-state index is 9.74. The zero-order valence-corrected chi connectivity index (χ0v) is 14.5. The van der Waals surface area contributed by atoms with Crippen LogP contribution in [0.2, 0.25) is 0 Å². The zero-order chi connectivity index (χ0) is 16.8. The number of ether oxygens (including phenoxy) is 1. The molecule has 0 fully saturated rings. The van der Waals surface area contributed by atoms with Gasteiger partial charge in [0.15, 0.2) is 0 Å². The number of hydrogen-bond acceptors (Lipinski definition) is 3. The fourth-order valence-corrected chi connectivity index (χ4v) is 3.99. The van der Waals surface area contributed by atoms with Gasteiger partial charge in [-0.3, -0.25) is 0 Å². The number of allylic oxidation sites excluding steroid dienone is 1. The Labute approximate surface area is 147 Å². The van der Waals surface area contributed by atoms with E-state index >= 15 is 0 Å². The van der Waals surface area contributed by atoms with Crippen LogP contribution in [0, 0.1) is 18.3 Å². The summed E-state index contributed by atoms with van der Waals surface area (Å²) in [7, 11) is 0. The summed E-state index contributed by atoms with van der Waals surface area (Å²) in [4.78, 5) is 3.27. The quantitative estimate of drug-likeness (QED) is 0.655. The topological polar surface area (TPSA) is 74.8 Å². The van der Waals surface area contributed by atoms with Crippen molar-refractivity contribution in [2.45, 2.75) is 12.8 Å². The molecule has 0 saturated heterocycles. The lowest BCUT2D eigenvalue weighted by molar-refractivity contribution is 0.420. The largest absolute Gasteiger partial charge is 0.440 e. The Kier molecular flexibility index (Phi) is 3.36. The molecule has 4 nitrogen and oxygen atoms in total. The molecule has 0 saturated carbocycles. The van der Waals surface area contributed by atoms with Gasteiger partial charge in [-0.1, -0.05) is 34.1 Å². The summed E-state index contributed by atoms with van der Waals surface area (Å²) in [6, 6.07) is 14.1. The molecule has 0 spiro atoms. The maximum atomic E-state index is 9.74. The minimum atomic E-state index is -0.289. The van der Waals surface area contributed by atoms with Crippen LogP contribution in [0.15, 0.2) is 58.5 Å². The molecule has 0 radical (unpaired) electrons. The summed E-state index contributed by atoms with van der Waals surface area (Å²) in [6.07, 6.45) is 1.93. The van der Waals surface area contributed by atoms with Crippen LogP contribution in [0.25, 0.3) is 10.9 Å². The second-order valence-corrected chi connectivity index (χ2v) is 6.73. The average molecular weight is 380 g/mol. The van der Waals surface area contributed by atoms with Gasteiger partial charge in [-0.2, -0.15) is 5.26 Å². The molecule has 118 valence electrons. The Morgan fingerprint density at radius 1 is 1.25 bits per heavy atom. The minimum absolute atomic E-state index is 0.152. The molecule has 4 rings (SSSR count). The third-order valence-electron chi connectivity index (χ3n) is 4.37. The maximum Gasteiger partial charge on any atom is 0.205 e. The van der Waals surface area contributed by atoms with Gasteiger partial charge in [0.25, 0.3) is 0 Å². The smallest absolute Gasteiger partial charge is 0.205 e. The van der Waals surface area contributed by atoms with Gasteiger partial charge in [0.1, 0.15) is 17.4 Å². The lowest BCUT2D eigenvalue weighted by atomic mass is 9.85. The Bertz CT molecular complexity index is 1040. The Morgan fingerprint density at radius 3 is 2.83 bits per heavy atom. The molecule has 3 aromatic rings. The molecule has 0 aliphatic carbocycles. The first kappa shape index (κ1) is 14.9. The van der Waals surface area contributed by atoms with Gasteiger partial charge >= 0.3 is 0 Å². The van der Waals surface area contributed by atoms with Crippen molar-refractivity contribution >= 4 is 26.8 Å². The Balaban J connectivity index is 2.08. The van der Waals surface area contributed by atoms with Crippen molar-refractivity contribution in [1.82, 2.24) is 4.98 Å². The van der Waals surface area contributed by atoms with E-state index in [4.69, 9.17) is 10.5 Å². The normalized spacial score (nSPS) is 16.6. The molecule has 1 aliphatic heterocycles. The first-order valence-corrected chi connectivity index (χ1v) is 8.33.